The lowest BCUT2D eigenvalue weighted by atomic mass is 10.1. The minimum atomic E-state index is -0.251. The van der Waals surface area contributed by atoms with E-state index in [1.807, 2.05) is 30.3 Å². The van der Waals surface area contributed by atoms with Gasteiger partial charge in [-0.05, 0) is 66.6 Å². The maximum Gasteiger partial charge on any atom is 0.255 e. The van der Waals surface area contributed by atoms with Crippen LogP contribution in [0.3, 0.4) is 0 Å². The molecule has 0 spiro atoms. The van der Waals surface area contributed by atoms with Gasteiger partial charge in [-0.25, -0.2) is 4.98 Å². The summed E-state index contributed by atoms with van der Waals surface area (Å²) in [6, 6.07) is 20.7. The quantitative estimate of drug-likeness (QED) is 0.375. The zero-order chi connectivity index (χ0) is 22.2. The molecular weight excluding hydrogens is 445 g/mol. The molecule has 0 radical (unpaired) electrons. The van der Waals surface area contributed by atoms with E-state index in [0.29, 0.717) is 21.3 Å². The fourth-order valence-corrected chi connectivity index (χ4v) is 4.25. The number of halogens is 2. The molecular formula is C25H19Cl2N3O2. The Labute approximate surface area is 195 Å². The monoisotopic (exact) mass is 463 g/mol. The van der Waals surface area contributed by atoms with Crippen LogP contribution in [0.2, 0.25) is 10.0 Å². The summed E-state index contributed by atoms with van der Waals surface area (Å²) in [6.45, 7) is 0.833. The third-order valence-corrected chi connectivity index (χ3v) is 6.40. The number of hydrogen-bond acceptors (Lipinski definition) is 4. The van der Waals surface area contributed by atoms with Gasteiger partial charge in [-0.15, -0.1) is 0 Å². The number of carbonyl (C=O) groups is 1. The molecule has 160 valence electrons. The maximum absolute atomic E-state index is 12.7. The van der Waals surface area contributed by atoms with Gasteiger partial charge in [0, 0.05) is 29.2 Å². The number of nitrogens with zero attached hydrogens (tertiary/aromatic N) is 2. The molecule has 0 fully saturated rings. The second-order valence-electron chi connectivity index (χ2n) is 7.53. The van der Waals surface area contributed by atoms with Gasteiger partial charge in [0.2, 0.25) is 0 Å². The van der Waals surface area contributed by atoms with Gasteiger partial charge in [-0.2, -0.15) is 0 Å². The first-order valence-corrected chi connectivity index (χ1v) is 10.9. The molecule has 1 aromatic heterocycles. The van der Waals surface area contributed by atoms with Gasteiger partial charge in [0.1, 0.15) is 11.6 Å². The topological polar surface area (TPSA) is 54.5 Å². The van der Waals surface area contributed by atoms with Gasteiger partial charge >= 0.3 is 0 Å². The van der Waals surface area contributed by atoms with Crippen molar-refractivity contribution in [1.29, 1.82) is 0 Å². The smallest absolute Gasteiger partial charge is 0.255 e. The summed E-state index contributed by atoms with van der Waals surface area (Å²) in [6.07, 6.45) is 0.916. The number of hydrogen-bond donors (Lipinski definition) is 1. The van der Waals surface area contributed by atoms with Gasteiger partial charge in [-0.1, -0.05) is 29.3 Å². The van der Waals surface area contributed by atoms with Crippen molar-refractivity contribution in [3.8, 4) is 5.75 Å². The minimum absolute atomic E-state index is 0.251. The van der Waals surface area contributed by atoms with Gasteiger partial charge in [-0.3, -0.25) is 4.79 Å². The average molecular weight is 464 g/mol. The lowest BCUT2D eigenvalue weighted by molar-refractivity contribution is 0.102. The van der Waals surface area contributed by atoms with E-state index in [2.05, 4.69) is 16.3 Å². The number of methoxy groups -OCH3 is 1. The van der Waals surface area contributed by atoms with Crippen LogP contribution in [-0.2, 0) is 6.42 Å². The lowest BCUT2D eigenvalue weighted by Gasteiger charge is -2.19. The van der Waals surface area contributed by atoms with Crippen molar-refractivity contribution in [2.24, 2.45) is 0 Å². The Hall–Kier alpha value is -3.28. The van der Waals surface area contributed by atoms with Crippen molar-refractivity contribution in [3.63, 3.8) is 0 Å². The number of pyridine rings is 1. The van der Waals surface area contributed by atoms with Crippen LogP contribution in [0.1, 0.15) is 15.9 Å². The minimum Gasteiger partial charge on any atom is -0.497 e. The van der Waals surface area contributed by atoms with Gasteiger partial charge in [0.25, 0.3) is 5.91 Å². The van der Waals surface area contributed by atoms with E-state index in [0.717, 1.165) is 41.1 Å². The second-order valence-corrected chi connectivity index (χ2v) is 8.32. The molecule has 1 aliphatic rings. The highest BCUT2D eigenvalue weighted by Gasteiger charge is 2.23. The van der Waals surface area contributed by atoms with Crippen molar-refractivity contribution >= 4 is 57.2 Å². The molecule has 1 N–H and O–H groups in total. The van der Waals surface area contributed by atoms with Crippen LogP contribution in [0.25, 0.3) is 10.9 Å². The normalized spacial score (nSPS) is 12.7. The largest absolute Gasteiger partial charge is 0.497 e. The van der Waals surface area contributed by atoms with E-state index in [1.165, 1.54) is 5.56 Å². The van der Waals surface area contributed by atoms with Crippen molar-refractivity contribution in [1.82, 2.24) is 4.98 Å². The average Bonchev–Trinajstić information content (AvgIpc) is 3.23. The predicted molar refractivity (Wildman–Crippen MR) is 130 cm³/mol. The molecule has 32 heavy (non-hydrogen) atoms. The van der Waals surface area contributed by atoms with E-state index in [4.69, 9.17) is 32.9 Å². The molecule has 0 atom stereocenters. The van der Waals surface area contributed by atoms with E-state index in [1.54, 1.807) is 37.4 Å². The molecule has 0 aliphatic carbocycles. The van der Waals surface area contributed by atoms with Crippen LogP contribution >= 0.6 is 23.2 Å². The summed E-state index contributed by atoms with van der Waals surface area (Å²) in [7, 11) is 1.65. The maximum atomic E-state index is 12.7. The molecule has 1 amide bonds. The first-order valence-electron chi connectivity index (χ1n) is 10.1. The Kier molecular flexibility index (Phi) is 5.37. The van der Waals surface area contributed by atoms with Crippen LogP contribution in [0.15, 0.2) is 66.7 Å². The van der Waals surface area contributed by atoms with Crippen LogP contribution in [-0.4, -0.2) is 24.5 Å². The Balaban J connectivity index is 1.40. The Morgan fingerprint density at radius 3 is 2.66 bits per heavy atom. The first kappa shape index (κ1) is 20.6. The highest BCUT2D eigenvalue weighted by atomic mass is 35.5. The highest BCUT2D eigenvalue weighted by Crippen LogP contribution is 2.36. The molecule has 0 saturated heterocycles. The molecule has 4 aromatic rings. The number of rotatable bonds is 4. The number of carbonyl (C=O) groups excluding carboxylic acids is 1. The standard InChI is InChI=1S/C25H19Cl2N3O2/c1-32-19-10-7-16-13-17-11-12-30(24(17)28-22(16)14-19)18-8-5-15(6-9-18)25(31)29-21-4-2-3-20(26)23(21)27/h2-10,13-14H,11-12H2,1H3,(H,29,31). The molecule has 7 heteroatoms. The Bertz CT molecular complexity index is 1340. The number of fused-ring (bicyclic) bond motifs is 2. The number of benzene rings is 3. The molecule has 0 unspecified atom stereocenters. The summed E-state index contributed by atoms with van der Waals surface area (Å²) >= 11 is 12.2. The summed E-state index contributed by atoms with van der Waals surface area (Å²) < 4.78 is 5.34. The second kappa shape index (κ2) is 8.34. The number of amides is 1. The third-order valence-electron chi connectivity index (χ3n) is 5.58. The first-order chi connectivity index (χ1) is 15.5. The zero-order valence-electron chi connectivity index (χ0n) is 17.2. The molecule has 2 heterocycles. The van der Waals surface area contributed by atoms with E-state index in [9.17, 15) is 4.79 Å². The molecule has 5 nitrogen and oxygen atoms in total. The van der Waals surface area contributed by atoms with Crippen LogP contribution in [0, 0.1) is 0 Å². The molecule has 5 rings (SSSR count). The summed E-state index contributed by atoms with van der Waals surface area (Å²) in [5, 5.41) is 4.62. The molecule has 1 aliphatic heterocycles. The van der Waals surface area contributed by atoms with Gasteiger partial charge in [0.15, 0.2) is 0 Å². The predicted octanol–water partition coefficient (Wildman–Crippen LogP) is 6.50. The Morgan fingerprint density at radius 1 is 1.06 bits per heavy atom. The number of aromatic nitrogens is 1. The van der Waals surface area contributed by atoms with Crippen molar-refractivity contribution < 1.29 is 9.53 Å². The number of ether oxygens (including phenoxy) is 1. The summed E-state index contributed by atoms with van der Waals surface area (Å²) in [4.78, 5) is 19.7. The fourth-order valence-electron chi connectivity index (χ4n) is 3.90. The molecule has 0 bridgehead atoms. The molecule has 0 saturated carbocycles. The van der Waals surface area contributed by atoms with E-state index < -0.39 is 0 Å². The number of anilines is 3. The van der Waals surface area contributed by atoms with Crippen LogP contribution < -0.4 is 15.0 Å². The van der Waals surface area contributed by atoms with E-state index in [-0.39, 0.29) is 5.91 Å². The van der Waals surface area contributed by atoms with Crippen LogP contribution in [0.5, 0.6) is 5.75 Å². The lowest BCUT2D eigenvalue weighted by Crippen LogP contribution is -2.15. The van der Waals surface area contributed by atoms with Crippen molar-refractivity contribution in [3.05, 3.63) is 87.9 Å². The summed E-state index contributed by atoms with van der Waals surface area (Å²) in [5.41, 5.74) is 4.09. The fraction of sp³-hybridized carbons (Fsp3) is 0.120. The Morgan fingerprint density at radius 2 is 1.88 bits per heavy atom. The third kappa shape index (κ3) is 3.74. The van der Waals surface area contributed by atoms with Gasteiger partial charge < -0.3 is 15.0 Å². The summed E-state index contributed by atoms with van der Waals surface area (Å²) in [5.74, 6) is 1.47. The van der Waals surface area contributed by atoms with Gasteiger partial charge in [0.05, 0.1) is 28.4 Å². The van der Waals surface area contributed by atoms with Crippen LogP contribution in [0.4, 0.5) is 17.2 Å². The highest BCUT2D eigenvalue weighted by molar-refractivity contribution is 6.44. The number of nitrogens with one attached hydrogen (secondary N) is 1. The van der Waals surface area contributed by atoms with E-state index >= 15 is 0 Å². The zero-order valence-corrected chi connectivity index (χ0v) is 18.7. The molecule has 3 aromatic carbocycles. The van der Waals surface area contributed by atoms with Crippen molar-refractivity contribution in [2.45, 2.75) is 6.42 Å². The van der Waals surface area contributed by atoms with Crippen molar-refractivity contribution in [2.75, 3.05) is 23.9 Å². The SMILES string of the molecule is COc1ccc2cc3c(nc2c1)N(c1ccc(C(=O)Nc2cccc(Cl)c2Cl)cc1)CC3.